The lowest BCUT2D eigenvalue weighted by molar-refractivity contribution is 0.281. The third-order valence-corrected chi connectivity index (χ3v) is 3.79. The number of aliphatic imine (C=N–C) groups is 1. The summed E-state index contributed by atoms with van der Waals surface area (Å²) in [5.41, 5.74) is 1.07. The quantitative estimate of drug-likeness (QED) is 0.366. The van der Waals surface area contributed by atoms with Crippen molar-refractivity contribution in [2.45, 2.75) is 6.54 Å². The summed E-state index contributed by atoms with van der Waals surface area (Å²) in [5.74, 6) is 2.18. The Morgan fingerprint density at radius 3 is 2.65 bits per heavy atom. The fourth-order valence-electron chi connectivity index (χ4n) is 2.18. The summed E-state index contributed by atoms with van der Waals surface area (Å²) in [6.45, 7) is 1.87. The van der Waals surface area contributed by atoms with E-state index in [1.54, 1.807) is 20.4 Å². The lowest BCUT2D eigenvalue weighted by atomic mass is 10.2. The van der Waals surface area contributed by atoms with Crippen LogP contribution in [0, 0.1) is 0 Å². The summed E-state index contributed by atoms with van der Waals surface area (Å²) in [7, 11) is 5.33. The molecular formula is C18H24ClIN4O2. The van der Waals surface area contributed by atoms with E-state index in [9.17, 15) is 0 Å². The molecular weight excluding hydrogens is 467 g/mol. The number of likely N-dealkylation sites (N-methyl/N-ethyl adjacent to an activating group) is 1. The van der Waals surface area contributed by atoms with Crippen LogP contribution in [0.15, 0.2) is 47.6 Å². The van der Waals surface area contributed by atoms with Crippen LogP contribution in [0.25, 0.3) is 0 Å². The Kier molecular flexibility index (Phi) is 10.1. The second-order valence-electron chi connectivity index (χ2n) is 5.33. The molecule has 0 saturated carbocycles. The Morgan fingerprint density at radius 1 is 1.27 bits per heavy atom. The molecule has 1 heterocycles. The minimum Gasteiger partial charge on any atom is -0.492 e. The van der Waals surface area contributed by atoms with Gasteiger partial charge in [0.25, 0.3) is 0 Å². The Labute approximate surface area is 176 Å². The number of hydrogen-bond donors (Lipinski definition) is 1. The van der Waals surface area contributed by atoms with E-state index in [-0.39, 0.29) is 24.0 Å². The van der Waals surface area contributed by atoms with Crippen LogP contribution < -0.4 is 14.8 Å². The molecule has 0 amide bonds. The number of ether oxygens (including phenoxy) is 2. The number of aromatic nitrogens is 1. The average molecular weight is 491 g/mol. The van der Waals surface area contributed by atoms with E-state index in [2.05, 4.69) is 15.3 Å². The first-order chi connectivity index (χ1) is 12.1. The van der Waals surface area contributed by atoms with Crippen LogP contribution in [-0.4, -0.2) is 50.2 Å². The minimum atomic E-state index is 0. The van der Waals surface area contributed by atoms with Crippen molar-refractivity contribution in [1.29, 1.82) is 0 Å². The number of guanidine groups is 1. The number of pyridine rings is 1. The van der Waals surface area contributed by atoms with E-state index in [4.69, 9.17) is 21.1 Å². The van der Waals surface area contributed by atoms with Crippen molar-refractivity contribution in [1.82, 2.24) is 15.2 Å². The van der Waals surface area contributed by atoms with Gasteiger partial charge in [-0.25, -0.2) is 4.98 Å². The van der Waals surface area contributed by atoms with Crippen LogP contribution in [0.2, 0.25) is 5.02 Å². The summed E-state index contributed by atoms with van der Waals surface area (Å²) in [6, 6.07) is 11.2. The number of rotatable bonds is 7. The molecule has 6 nitrogen and oxygen atoms in total. The predicted molar refractivity (Wildman–Crippen MR) is 116 cm³/mol. The molecule has 0 bridgehead atoms. The van der Waals surface area contributed by atoms with Gasteiger partial charge in [0.15, 0.2) is 5.96 Å². The zero-order valence-electron chi connectivity index (χ0n) is 15.1. The minimum absolute atomic E-state index is 0. The Bertz CT molecular complexity index is 698. The van der Waals surface area contributed by atoms with Gasteiger partial charge in [0, 0.05) is 37.9 Å². The average Bonchev–Trinajstić information content (AvgIpc) is 2.64. The van der Waals surface area contributed by atoms with Crippen LogP contribution in [-0.2, 0) is 6.54 Å². The number of nitrogens with one attached hydrogen (secondary N) is 1. The molecule has 0 spiro atoms. The van der Waals surface area contributed by atoms with Crippen molar-refractivity contribution in [3.05, 3.63) is 53.2 Å². The number of methoxy groups -OCH3 is 1. The standard InChI is InChI=1S/C18H23ClN4O2.HI/c1-20-18(22-13-14-8-9-21-17(12-14)24-3)23(2)10-11-25-16-6-4-15(19)5-7-16;/h4-9,12H,10-11,13H2,1-3H3,(H,20,22);1H. The van der Waals surface area contributed by atoms with Gasteiger partial charge >= 0.3 is 0 Å². The molecule has 1 aromatic heterocycles. The SMILES string of the molecule is CN=C(NCc1ccnc(OC)c1)N(C)CCOc1ccc(Cl)cc1.I. The zero-order chi connectivity index (χ0) is 18.1. The predicted octanol–water partition coefficient (Wildman–Crippen LogP) is 3.45. The van der Waals surface area contributed by atoms with E-state index in [0.29, 0.717) is 30.6 Å². The van der Waals surface area contributed by atoms with Gasteiger partial charge in [-0.05, 0) is 35.9 Å². The molecule has 0 fully saturated rings. The maximum absolute atomic E-state index is 5.86. The highest BCUT2D eigenvalue weighted by atomic mass is 127. The first-order valence-corrected chi connectivity index (χ1v) is 8.29. The zero-order valence-corrected chi connectivity index (χ0v) is 18.2. The van der Waals surface area contributed by atoms with Crippen molar-refractivity contribution < 1.29 is 9.47 Å². The van der Waals surface area contributed by atoms with Crippen molar-refractivity contribution in [2.24, 2.45) is 4.99 Å². The first-order valence-electron chi connectivity index (χ1n) is 7.91. The fraction of sp³-hybridized carbons (Fsp3) is 0.333. The van der Waals surface area contributed by atoms with Crippen LogP contribution in [0.4, 0.5) is 0 Å². The van der Waals surface area contributed by atoms with Gasteiger partial charge in [-0.15, -0.1) is 24.0 Å². The molecule has 0 atom stereocenters. The molecule has 0 unspecified atom stereocenters. The fourth-order valence-corrected chi connectivity index (χ4v) is 2.30. The summed E-state index contributed by atoms with van der Waals surface area (Å²) >= 11 is 5.86. The third kappa shape index (κ3) is 7.25. The second kappa shape index (κ2) is 11.8. The molecule has 1 N–H and O–H groups in total. The molecule has 142 valence electrons. The van der Waals surface area contributed by atoms with Crippen LogP contribution in [0.3, 0.4) is 0 Å². The van der Waals surface area contributed by atoms with Gasteiger partial charge < -0.3 is 19.7 Å². The van der Waals surface area contributed by atoms with Gasteiger partial charge in [0.05, 0.1) is 13.7 Å². The maximum Gasteiger partial charge on any atom is 0.213 e. The lowest BCUT2D eigenvalue weighted by Gasteiger charge is -2.22. The number of benzene rings is 1. The van der Waals surface area contributed by atoms with E-state index >= 15 is 0 Å². The molecule has 0 aliphatic rings. The normalized spacial score (nSPS) is 10.7. The summed E-state index contributed by atoms with van der Waals surface area (Å²) < 4.78 is 10.8. The molecule has 2 aromatic rings. The highest BCUT2D eigenvalue weighted by molar-refractivity contribution is 14.0. The smallest absolute Gasteiger partial charge is 0.213 e. The topological polar surface area (TPSA) is 59.0 Å². The van der Waals surface area contributed by atoms with Crippen molar-refractivity contribution >= 4 is 41.5 Å². The number of halogens is 2. The molecule has 2 rings (SSSR count). The van der Waals surface area contributed by atoms with E-state index in [0.717, 1.165) is 17.3 Å². The van der Waals surface area contributed by atoms with Crippen molar-refractivity contribution in [2.75, 3.05) is 34.4 Å². The van der Waals surface area contributed by atoms with Crippen molar-refractivity contribution in [3.63, 3.8) is 0 Å². The second-order valence-corrected chi connectivity index (χ2v) is 5.77. The third-order valence-electron chi connectivity index (χ3n) is 3.54. The van der Waals surface area contributed by atoms with E-state index < -0.39 is 0 Å². The highest BCUT2D eigenvalue weighted by Gasteiger charge is 2.06. The number of hydrogen-bond acceptors (Lipinski definition) is 4. The van der Waals surface area contributed by atoms with Gasteiger partial charge in [0.2, 0.25) is 5.88 Å². The van der Waals surface area contributed by atoms with Crippen molar-refractivity contribution in [3.8, 4) is 11.6 Å². The molecule has 0 aliphatic heterocycles. The lowest BCUT2D eigenvalue weighted by Crippen LogP contribution is -2.40. The van der Waals surface area contributed by atoms with E-state index in [1.807, 2.05) is 48.3 Å². The highest BCUT2D eigenvalue weighted by Crippen LogP contribution is 2.15. The molecule has 26 heavy (non-hydrogen) atoms. The van der Waals surface area contributed by atoms with Gasteiger partial charge in [0.1, 0.15) is 12.4 Å². The molecule has 0 aliphatic carbocycles. The largest absolute Gasteiger partial charge is 0.492 e. The Balaban J connectivity index is 0.00000338. The van der Waals surface area contributed by atoms with E-state index in [1.165, 1.54) is 0 Å². The van der Waals surface area contributed by atoms with Crippen LogP contribution in [0.1, 0.15) is 5.56 Å². The number of nitrogens with zero attached hydrogens (tertiary/aromatic N) is 3. The van der Waals surface area contributed by atoms with Gasteiger partial charge in [-0.1, -0.05) is 11.6 Å². The molecule has 8 heteroatoms. The van der Waals surface area contributed by atoms with Gasteiger partial charge in [-0.2, -0.15) is 0 Å². The summed E-state index contributed by atoms with van der Waals surface area (Å²) in [5, 5.41) is 4.01. The Hall–Kier alpha value is -1.74. The first kappa shape index (κ1) is 22.3. The monoisotopic (exact) mass is 490 g/mol. The molecule has 0 radical (unpaired) electrons. The van der Waals surface area contributed by atoms with Crippen LogP contribution >= 0.6 is 35.6 Å². The molecule has 0 saturated heterocycles. The maximum atomic E-state index is 5.86. The van der Waals surface area contributed by atoms with Gasteiger partial charge in [-0.3, -0.25) is 4.99 Å². The Morgan fingerprint density at radius 2 is 2.00 bits per heavy atom. The summed E-state index contributed by atoms with van der Waals surface area (Å²) in [6.07, 6.45) is 1.72. The van der Waals surface area contributed by atoms with Crippen LogP contribution in [0.5, 0.6) is 11.6 Å². The summed E-state index contributed by atoms with van der Waals surface area (Å²) in [4.78, 5) is 10.4. The molecule has 1 aromatic carbocycles.